The average molecular weight is 264 g/mol. The summed E-state index contributed by atoms with van der Waals surface area (Å²) in [7, 11) is 0. The van der Waals surface area contributed by atoms with Crippen molar-refractivity contribution in [1.82, 2.24) is 4.90 Å². The molecule has 0 unspecified atom stereocenters. The number of rotatable bonds is 5. The molecule has 0 bridgehead atoms. The van der Waals surface area contributed by atoms with Crippen LogP contribution in [0.2, 0.25) is 0 Å². The summed E-state index contributed by atoms with van der Waals surface area (Å²) in [5.74, 6) is -0.137. The van der Waals surface area contributed by atoms with Crippen molar-refractivity contribution in [2.24, 2.45) is 0 Å². The molecule has 4 nitrogen and oxygen atoms in total. The van der Waals surface area contributed by atoms with E-state index in [-0.39, 0.29) is 11.1 Å². The van der Waals surface area contributed by atoms with Gasteiger partial charge in [0.15, 0.2) is 5.37 Å². The second-order valence-electron chi connectivity index (χ2n) is 4.12. The number of para-hydroxylation sites is 1. The van der Waals surface area contributed by atoms with Crippen LogP contribution in [0, 0.1) is 0 Å². The fourth-order valence-electron chi connectivity index (χ4n) is 1.74. The minimum Gasteiger partial charge on any atom is -0.365 e. The maximum absolute atomic E-state index is 12.0. The summed E-state index contributed by atoms with van der Waals surface area (Å²) in [5.41, 5.74) is 0.855. The number of imide groups is 1. The monoisotopic (exact) mass is 264 g/mol. The van der Waals surface area contributed by atoms with Crippen LogP contribution in [0.25, 0.3) is 0 Å². The quantitative estimate of drug-likeness (QED) is 0.888. The molecule has 0 aliphatic carbocycles. The van der Waals surface area contributed by atoms with E-state index in [4.69, 9.17) is 0 Å². The first-order valence-corrected chi connectivity index (χ1v) is 6.94. The van der Waals surface area contributed by atoms with Crippen LogP contribution >= 0.6 is 11.8 Å². The number of unbranched alkanes of at least 4 members (excludes halogenated alkanes) is 1. The van der Waals surface area contributed by atoms with Crippen molar-refractivity contribution < 1.29 is 9.59 Å². The van der Waals surface area contributed by atoms with Crippen LogP contribution in [0.4, 0.5) is 10.5 Å². The molecule has 1 saturated heterocycles. The van der Waals surface area contributed by atoms with Crippen LogP contribution in [-0.4, -0.2) is 28.0 Å². The Morgan fingerprint density at radius 3 is 2.67 bits per heavy atom. The minimum atomic E-state index is -0.489. The molecule has 1 aliphatic heterocycles. The molecule has 0 radical (unpaired) electrons. The molecular weight excluding hydrogens is 248 g/mol. The molecule has 1 aromatic carbocycles. The third kappa shape index (κ3) is 2.85. The van der Waals surface area contributed by atoms with E-state index in [2.05, 4.69) is 5.32 Å². The van der Waals surface area contributed by atoms with Gasteiger partial charge in [-0.05, 0) is 30.3 Å². The first-order chi connectivity index (χ1) is 8.72. The maximum Gasteiger partial charge on any atom is 0.290 e. The van der Waals surface area contributed by atoms with E-state index in [1.54, 1.807) is 0 Å². The molecule has 2 rings (SSSR count). The van der Waals surface area contributed by atoms with Crippen LogP contribution < -0.4 is 5.32 Å². The Bertz CT molecular complexity index is 436. The summed E-state index contributed by atoms with van der Waals surface area (Å²) in [4.78, 5) is 25.1. The number of carbonyl (C=O) groups is 2. The van der Waals surface area contributed by atoms with Crippen molar-refractivity contribution in [2.45, 2.75) is 25.1 Å². The number of benzene rings is 1. The van der Waals surface area contributed by atoms with Gasteiger partial charge in [0, 0.05) is 12.2 Å². The van der Waals surface area contributed by atoms with E-state index in [0.29, 0.717) is 6.54 Å². The second kappa shape index (κ2) is 5.91. The van der Waals surface area contributed by atoms with Crippen LogP contribution in [-0.2, 0) is 4.79 Å². The summed E-state index contributed by atoms with van der Waals surface area (Å²) in [6.45, 7) is 2.56. The highest BCUT2D eigenvalue weighted by Crippen LogP contribution is 2.28. The van der Waals surface area contributed by atoms with Gasteiger partial charge in [0.2, 0.25) is 0 Å². The molecule has 18 heavy (non-hydrogen) atoms. The molecule has 1 atom stereocenters. The maximum atomic E-state index is 12.0. The lowest BCUT2D eigenvalue weighted by Gasteiger charge is -2.14. The molecule has 1 aliphatic rings. The predicted octanol–water partition coefficient (Wildman–Crippen LogP) is 2.92. The van der Waals surface area contributed by atoms with Gasteiger partial charge in [0.05, 0.1) is 0 Å². The Balaban J connectivity index is 1.99. The molecule has 0 aromatic heterocycles. The lowest BCUT2D eigenvalue weighted by Crippen LogP contribution is -2.34. The average Bonchev–Trinajstić information content (AvgIpc) is 2.64. The molecule has 1 fully saturated rings. The van der Waals surface area contributed by atoms with E-state index in [1.807, 2.05) is 37.3 Å². The highest BCUT2D eigenvalue weighted by Gasteiger charge is 2.39. The summed E-state index contributed by atoms with van der Waals surface area (Å²) < 4.78 is 0. The van der Waals surface area contributed by atoms with Gasteiger partial charge in [-0.15, -0.1) is 0 Å². The Morgan fingerprint density at radius 2 is 2.00 bits per heavy atom. The van der Waals surface area contributed by atoms with E-state index in [0.717, 1.165) is 30.3 Å². The first-order valence-electron chi connectivity index (χ1n) is 6.06. The molecule has 1 heterocycles. The highest BCUT2D eigenvalue weighted by atomic mass is 32.2. The third-order valence-corrected chi connectivity index (χ3v) is 3.71. The van der Waals surface area contributed by atoms with Crippen LogP contribution in [0.5, 0.6) is 0 Å². The Hall–Kier alpha value is -1.49. The van der Waals surface area contributed by atoms with Gasteiger partial charge in [0.25, 0.3) is 11.1 Å². The van der Waals surface area contributed by atoms with Crippen LogP contribution in [0.15, 0.2) is 30.3 Å². The fourth-order valence-corrected chi connectivity index (χ4v) is 2.67. The van der Waals surface area contributed by atoms with Crippen molar-refractivity contribution in [1.29, 1.82) is 0 Å². The third-order valence-electron chi connectivity index (χ3n) is 2.74. The number of thioether (sulfide) groups is 1. The van der Waals surface area contributed by atoms with E-state index in [1.165, 1.54) is 4.90 Å². The molecule has 1 aromatic rings. The fraction of sp³-hybridized carbons (Fsp3) is 0.385. The normalized spacial score (nSPS) is 19.4. The Morgan fingerprint density at radius 1 is 1.28 bits per heavy atom. The van der Waals surface area contributed by atoms with Gasteiger partial charge in [-0.1, -0.05) is 31.5 Å². The van der Waals surface area contributed by atoms with Crippen LogP contribution in [0.1, 0.15) is 19.8 Å². The standard InChI is InChI=1S/C13H16N2O2S/c1-2-3-9-15-12(16)11(18-13(15)17)14-10-7-5-4-6-8-10/h4-8,11,14H,2-3,9H2,1H3/t11-/m0/s1. The van der Waals surface area contributed by atoms with Gasteiger partial charge >= 0.3 is 0 Å². The molecular formula is C13H16N2O2S. The summed E-state index contributed by atoms with van der Waals surface area (Å²) in [6, 6.07) is 9.46. The summed E-state index contributed by atoms with van der Waals surface area (Å²) >= 11 is 1.05. The van der Waals surface area contributed by atoms with Gasteiger partial charge in [-0.25, -0.2) is 0 Å². The summed E-state index contributed by atoms with van der Waals surface area (Å²) in [5, 5.41) is 2.44. The van der Waals surface area contributed by atoms with Gasteiger partial charge in [-0.3, -0.25) is 14.5 Å². The predicted molar refractivity (Wildman–Crippen MR) is 73.5 cm³/mol. The largest absolute Gasteiger partial charge is 0.365 e. The highest BCUT2D eigenvalue weighted by molar-refractivity contribution is 8.15. The van der Waals surface area contributed by atoms with Gasteiger partial charge in [0.1, 0.15) is 0 Å². The summed E-state index contributed by atoms with van der Waals surface area (Å²) in [6.07, 6.45) is 1.83. The lowest BCUT2D eigenvalue weighted by atomic mass is 10.3. The number of amides is 2. The minimum absolute atomic E-state index is 0.137. The van der Waals surface area contributed by atoms with Gasteiger partial charge in [-0.2, -0.15) is 0 Å². The molecule has 96 valence electrons. The van der Waals surface area contributed by atoms with E-state index < -0.39 is 5.37 Å². The van der Waals surface area contributed by atoms with Crippen molar-refractivity contribution in [3.05, 3.63) is 30.3 Å². The Labute approximate surface area is 111 Å². The van der Waals surface area contributed by atoms with Crippen LogP contribution in [0.3, 0.4) is 0 Å². The van der Waals surface area contributed by atoms with Crippen molar-refractivity contribution >= 4 is 28.6 Å². The zero-order valence-electron chi connectivity index (χ0n) is 10.3. The number of carbonyl (C=O) groups excluding carboxylic acids is 2. The SMILES string of the molecule is CCCCN1C(=O)S[C@H](Nc2ccccc2)C1=O. The van der Waals surface area contributed by atoms with Crippen molar-refractivity contribution in [3.8, 4) is 0 Å². The second-order valence-corrected chi connectivity index (χ2v) is 5.17. The zero-order chi connectivity index (χ0) is 13.0. The number of nitrogens with zero attached hydrogens (tertiary/aromatic N) is 1. The molecule has 2 amide bonds. The van der Waals surface area contributed by atoms with E-state index >= 15 is 0 Å². The number of hydrogen-bond donors (Lipinski definition) is 1. The molecule has 1 N–H and O–H groups in total. The van der Waals surface area contributed by atoms with Gasteiger partial charge < -0.3 is 5.32 Å². The van der Waals surface area contributed by atoms with Crippen molar-refractivity contribution in [2.75, 3.05) is 11.9 Å². The van der Waals surface area contributed by atoms with Crippen molar-refractivity contribution in [3.63, 3.8) is 0 Å². The Kier molecular flexibility index (Phi) is 4.25. The number of anilines is 1. The molecule has 0 saturated carbocycles. The smallest absolute Gasteiger partial charge is 0.290 e. The molecule has 5 heteroatoms. The number of hydrogen-bond acceptors (Lipinski definition) is 4. The zero-order valence-corrected chi connectivity index (χ0v) is 11.1. The topological polar surface area (TPSA) is 49.4 Å². The molecule has 0 spiro atoms. The lowest BCUT2D eigenvalue weighted by molar-refractivity contribution is -0.126. The number of nitrogens with one attached hydrogen (secondary N) is 1. The van der Waals surface area contributed by atoms with E-state index in [9.17, 15) is 9.59 Å². The first kappa shape index (κ1) is 13.0.